The lowest BCUT2D eigenvalue weighted by molar-refractivity contribution is 0.122. The van der Waals surface area contributed by atoms with Gasteiger partial charge in [-0.2, -0.15) is 0 Å². The summed E-state index contributed by atoms with van der Waals surface area (Å²) in [6.07, 6.45) is 6.21. The van der Waals surface area contributed by atoms with E-state index in [0.717, 1.165) is 66.4 Å². The van der Waals surface area contributed by atoms with Gasteiger partial charge in [-0.25, -0.2) is 9.97 Å². The third-order valence-electron chi connectivity index (χ3n) is 6.35. The normalized spacial score (nSPS) is 21.8. The van der Waals surface area contributed by atoms with E-state index in [-0.39, 0.29) is 0 Å². The van der Waals surface area contributed by atoms with E-state index < -0.39 is 0 Å². The van der Waals surface area contributed by atoms with Crippen molar-refractivity contribution in [3.05, 3.63) is 64.8 Å². The van der Waals surface area contributed by atoms with Crippen LogP contribution in [-0.4, -0.2) is 45.7 Å². The highest BCUT2D eigenvalue weighted by Crippen LogP contribution is 2.47. The summed E-state index contributed by atoms with van der Waals surface area (Å²) in [5, 5.41) is 1.20. The molecule has 0 spiro atoms. The molecule has 0 radical (unpaired) electrons. The molecule has 0 N–H and O–H groups in total. The van der Waals surface area contributed by atoms with E-state index in [1.807, 2.05) is 6.20 Å². The Kier molecular flexibility index (Phi) is 4.46. The van der Waals surface area contributed by atoms with Gasteiger partial charge in [0.1, 0.15) is 4.60 Å². The molecule has 0 unspecified atom stereocenters. The molecule has 1 saturated heterocycles. The van der Waals surface area contributed by atoms with Crippen LogP contribution in [0.4, 0.5) is 5.82 Å². The number of anilines is 1. The lowest BCUT2D eigenvalue weighted by Crippen LogP contribution is -2.37. The Labute approximate surface area is 183 Å². The van der Waals surface area contributed by atoms with E-state index in [0.29, 0.717) is 11.8 Å². The molecule has 4 aromatic rings. The number of hydrogen-bond acceptors (Lipinski definition) is 5. The minimum Gasteiger partial charge on any atom is -0.378 e. The fraction of sp³-hybridized carbons (Fsp3) is 0.348. The Balaban J connectivity index is 1.26. The second-order valence-corrected chi connectivity index (χ2v) is 8.97. The number of morpholine rings is 1. The van der Waals surface area contributed by atoms with Crippen molar-refractivity contribution in [2.45, 2.75) is 24.7 Å². The fourth-order valence-electron chi connectivity index (χ4n) is 4.56. The number of hydrogen-bond donors (Lipinski definition) is 0. The van der Waals surface area contributed by atoms with Crippen LogP contribution in [0.3, 0.4) is 0 Å². The lowest BCUT2D eigenvalue weighted by atomic mass is 9.71. The molecule has 152 valence electrons. The molecule has 1 saturated carbocycles. The van der Waals surface area contributed by atoms with Gasteiger partial charge in [0, 0.05) is 42.2 Å². The van der Waals surface area contributed by atoms with Gasteiger partial charge in [-0.3, -0.25) is 9.38 Å². The van der Waals surface area contributed by atoms with Crippen LogP contribution >= 0.6 is 15.9 Å². The Morgan fingerprint density at radius 1 is 0.933 bits per heavy atom. The van der Waals surface area contributed by atoms with Gasteiger partial charge in [0.25, 0.3) is 0 Å². The average molecular weight is 464 g/mol. The van der Waals surface area contributed by atoms with Crippen LogP contribution < -0.4 is 4.90 Å². The molecular formula is C23H22BrN5O. The van der Waals surface area contributed by atoms with E-state index in [1.165, 1.54) is 11.1 Å². The first-order valence-corrected chi connectivity index (χ1v) is 11.3. The molecule has 2 fully saturated rings. The summed E-state index contributed by atoms with van der Waals surface area (Å²) in [5.41, 5.74) is 4.35. The molecule has 0 atom stereocenters. The van der Waals surface area contributed by atoms with Crippen LogP contribution in [0.1, 0.15) is 36.1 Å². The van der Waals surface area contributed by atoms with Crippen LogP contribution in [0.15, 0.2) is 53.4 Å². The predicted octanol–water partition coefficient (Wildman–Crippen LogP) is 4.54. The van der Waals surface area contributed by atoms with Crippen molar-refractivity contribution in [1.29, 1.82) is 0 Å². The second kappa shape index (κ2) is 7.32. The fourth-order valence-corrected chi connectivity index (χ4v) is 4.93. The number of aromatic nitrogens is 4. The molecule has 1 aliphatic carbocycles. The van der Waals surface area contributed by atoms with Gasteiger partial charge in [0.2, 0.25) is 0 Å². The molecule has 1 aliphatic heterocycles. The summed E-state index contributed by atoms with van der Waals surface area (Å²) in [4.78, 5) is 16.8. The van der Waals surface area contributed by atoms with E-state index in [9.17, 15) is 0 Å². The largest absolute Gasteiger partial charge is 0.378 e. The van der Waals surface area contributed by atoms with Crippen molar-refractivity contribution < 1.29 is 4.74 Å². The summed E-state index contributed by atoms with van der Waals surface area (Å²) >= 11 is 3.64. The van der Waals surface area contributed by atoms with Gasteiger partial charge in [-0.05, 0) is 40.9 Å². The van der Waals surface area contributed by atoms with E-state index in [1.54, 1.807) is 0 Å². The molecule has 6 nitrogen and oxygen atoms in total. The van der Waals surface area contributed by atoms with Gasteiger partial charge in [0.05, 0.1) is 30.6 Å². The van der Waals surface area contributed by atoms with Crippen molar-refractivity contribution >= 4 is 38.3 Å². The third kappa shape index (κ3) is 3.08. The zero-order valence-corrected chi connectivity index (χ0v) is 18.1. The summed E-state index contributed by atoms with van der Waals surface area (Å²) in [6.45, 7) is 3.18. The standard InChI is InChI=1S/C23H22BrN5O/c24-21-13-25-22(28-7-9-30-10-8-28)23-27-20(14-29(21)23)17-11-16(12-17)19-6-5-15-3-1-2-4-18(15)26-19/h1-6,13-14,16-17H,7-12H2. The Morgan fingerprint density at radius 2 is 1.73 bits per heavy atom. The number of imidazole rings is 1. The minimum absolute atomic E-state index is 0.465. The van der Waals surface area contributed by atoms with Crippen LogP contribution in [0.25, 0.3) is 16.6 Å². The van der Waals surface area contributed by atoms with Crippen molar-refractivity contribution in [2.24, 2.45) is 0 Å². The summed E-state index contributed by atoms with van der Waals surface area (Å²) in [5.74, 6) is 1.91. The molecular weight excluding hydrogens is 442 g/mol. The first-order chi connectivity index (χ1) is 14.8. The van der Waals surface area contributed by atoms with Crippen LogP contribution in [0, 0.1) is 0 Å². The number of para-hydroxylation sites is 1. The molecule has 7 heteroatoms. The number of nitrogens with zero attached hydrogens (tertiary/aromatic N) is 5. The maximum Gasteiger partial charge on any atom is 0.181 e. The number of fused-ring (bicyclic) bond motifs is 2. The van der Waals surface area contributed by atoms with Crippen LogP contribution in [-0.2, 0) is 4.74 Å². The maximum absolute atomic E-state index is 5.50. The molecule has 6 rings (SSSR count). The monoisotopic (exact) mass is 463 g/mol. The first-order valence-electron chi connectivity index (χ1n) is 10.5. The van der Waals surface area contributed by atoms with Crippen molar-refractivity contribution in [3.8, 4) is 0 Å². The highest BCUT2D eigenvalue weighted by molar-refractivity contribution is 9.10. The van der Waals surface area contributed by atoms with Gasteiger partial charge >= 0.3 is 0 Å². The molecule has 0 bridgehead atoms. The van der Waals surface area contributed by atoms with Crippen LogP contribution in [0.2, 0.25) is 0 Å². The summed E-state index contributed by atoms with van der Waals surface area (Å²) in [7, 11) is 0. The molecule has 2 aliphatic rings. The van der Waals surface area contributed by atoms with Crippen molar-refractivity contribution in [2.75, 3.05) is 31.2 Å². The Morgan fingerprint density at radius 3 is 2.60 bits per heavy atom. The number of pyridine rings is 1. The summed E-state index contributed by atoms with van der Waals surface area (Å²) < 4.78 is 8.55. The van der Waals surface area contributed by atoms with Gasteiger partial charge in [0.15, 0.2) is 11.5 Å². The maximum atomic E-state index is 5.50. The topological polar surface area (TPSA) is 55.5 Å². The molecule has 3 aromatic heterocycles. The number of benzene rings is 1. The zero-order valence-electron chi connectivity index (χ0n) is 16.5. The highest BCUT2D eigenvalue weighted by atomic mass is 79.9. The van der Waals surface area contributed by atoms with Crippen molar-refractivity contribution in [1.82, 2.24) is 19.4 Å². The van der Waals surface area contributed by atoms with E-state index in [4.69, 9.17) is 14.7 Å². The van der Waals surface area contributed by atoms with Gasteiger partial charge in [-0.1, -0.05) is 24.3 Å². The summed E-state index contributed by atoms with van der Waals surface area (Å²) in [6, 6.07) is 12.7. The average Bonchev–Trinajstić information content (AvgIpc) is 3.19. The third-order valence-corrected chi connectivity index (χ3v) is 6.94. The highest BCUT2D eigenvalue weighted by Gasteiger charge is 2.34. The number of ether oxygens (including phenoxy) is 1. The molecule has 0 amide bonds. The lowest BCUT2D eigenvalue weighted by Gasteiger charge is -2.34. The quantitative estimate of drug-likeness (QED) is 0.446. The molecule has 4 heterocycles. The Bertz CT molecular complexity index is 1230. The molecule has 1 aromatic carbocycles. The van der Waals surface area contributed by atoms with E-state index >= 15 is 0 Å². The van der Waals surface area contributed by atoms with Gasteiger partial charge in [-0.15, -0.1) is 0 Å². The second-order valence-electron chi connectivity index (χ2n) is 8.16. The Hall–Kier alpha value is -2.51. The number of halogens is 1. The SMILES string of the molecule is Brc1cnc(N2CCOCC2)c2nc(C3CC(c4ccc5ccccc5n4)C3)cn12. The minimum atomic E-state index is 0.465. The van der Waals surface area contributed by atoms with E-state index in [2.05, 4.69) is 72.8 Å². The molecule has 30 heavy (non-hydrogen) atoms. The smallest absolute Gasteiger partial charge is 0.181 e. The predicted molar refractivity (Wildman–Crippen MR) is 120 cm³/mol. The number of rotatable bonds is 3. The van der Waals surface area contributed by atoms with Gasteiger partial charge < -0.3 is 9.64 Å². The zero-order chi connectivity index (χ0) is 20.1. The van der Waals surface area contributed by atoms with Crippen molar-refractivity contribution in [3.63, 3.8) is 0 Å². The van der Waals surface area contributed by atoms with Crippen LogP contribution in [0.5, 0.6) is 0 Å². The first kappa shape index (κ1) is 18.3.